The molecule has 0 bridgehead atoms. The molecule has 0 aliphatic carbocycles. The first-order valence-corrected chi connectivity index (χ1v) is 9.77. The van der Waals surface area contributed by atoms with Crippen LogP contribution in [0.3, 0.4) is 0 Å². The van der Waals surface area contributed by atoms with Crippen molar-refractivity contribution in [2.75, 3.05) is 13.1 Å². The molecular weight excluding hydrogens is 338 g/mol. The predicted octanol–water partition coefficient (Wildman–Crippen LogP) is 2.89. The maximum Gasteiger partial charge on any atom is 0.294 e. The second kappa shape index (κ2) is 9.10. The standard InChI is InChI=1S/C12H17NO.C7H8O3S/c14-12-6-8-13(9-7-12)10-11-4-2-1-3-5-11;1-6-2-4-7(5-3-6)11(8,9)10/h1-5,12,14H,6-10H2;2-5H,1H3,(H,8,9,10). The lowest BCUT2D eigenvalue weighted by molar-refractivity contribution is 0.0792. The van der Waals surface area contributed by atoms with E-state index in [0.29, 0.717) is 0 Å². The minimum Gasteiger partial charge on any atom is -0.393 e. The molecule has 3 rings (SSSR count). The molecule has 0 amide bonds. The highest BCUT2D eigenvalue weighted by Crippen LogP contribution is 2.13. The largest absolute Gasteiger partial charge is 0.393 e. The minimum atomic E-state index is -4.02. The Hall–Kier alpha value is -1.73. The van der Waals surface area contributed by atoms with Crippen molar-refractivity contribution in [1.29, 1.82) is 0 Å². The fraction of sp³-hybridized carbons (Fsp3) is 0.368. The summed E-state index contributed by atoms with van der Waals surface area (Å²) in [6.07, 6.45) is 1.78. The molecule has 5 nitrogen and oxygen atoms in total. The molecule has 1 saturated heterocycles. The Bertz CT molecular complexity index is 737. The van der Waals surface area contributed by atoms with Crippen LogP contribution >= 0.6 is 0 Å². The summed E-state index contributed by atoms with van der Waals surface area (Å²) < 4.78 is 29.6. The van der Waals surface area contributed by atoms with Gasteiger partial charge in [0.2, 0.25) is 0 Å². The molecule has 6 heteroatoms. The van der Waals surface area contributed by atoms with E-state index in [-0.39, 0.29) is 11.0 Å². The average Bonchev–Trinajstić information content (AvgIpc) is 2.58. The number of aryl methyl sites for hydroxylation is 1. The Labute approximate surface area is 149 Å². The highest BCUT2D eigenvalue weighted by atomic mass is 32.2. The van der Waals surface area contributed by atoms with Gasteiger partial charge in [-0.25, -0.2) is 0 Å². The molecule has 1 fully saturated rings. The summed E-state index contributed by atoms with van der Waals surface area (Å²) in [7, 11) is -4.02. The second-order valence-electron chi connectivity index (χ2n) is 6.28. The van der Waals surface area contributed by atoms with Crippen molar-refractivity contribution < 1.29 is 18.1 Å². The van der Waals surface area contributed by atoms with Crippen LogP contribution in [0.15, 0.2) is 59.5 Å². The fourth-order valence-corrected chi connectivity index (χ4v) is 3.11. The Morgan fingerprint density at radius 2 is 1.56 bits per heavy atom. The van der Waals surface area contributed by atoms with Gasteiger partial charge < -0.3 is 5.11 Å². The van der Waals surface area contributed by atoms with Crippen LogP contribution in [-0.2, 0) is 16.7 Å². The third kappa shape index (κ3) is 6.96. The van der Waals surface area contributed by atoms with Crippen LogP contribution in [0.25, 0.3) is 0 Å². The van der Waals surface area contributed by atoms with Crippen molar-refractivity contribution in [3.05, 3.63) is 65.7 Å². The Kier molecular flexibility index (Phi) is 7.13. The van der Waals surface area contributed by atoms with E-state index in [4.69, 9.17) is 4.55 Å². The number of rotatable bonds is 3. The first kappa shape index (κ1) is 19.6. The fourth-order valence-electron chi connectivity index (χ4n) is 2.63. The summed E-state index contributed by atoms with van der Waals surface area (Å²) in [5.74, 6) is 0. The minimum absolute atomic E-state index is 0.0666. The molecule has 0 aromatic heterocycles. The van der Waals surface area contributed by atoms with Crippen molar-refractivity contribution in [3.63, 3.8) is 0 Å². The molecule has 1 heterocycles. The number of hydrogen-bond donors (Lipinski definition) is 2. The van der Waals surface area contributed by atoms with Crippen molar-refractivity contribution >= 4 is 10.1 Å². The summed E-state index contributed by atoms with van der Waals surface area (Å²) in [4.78, 5) is 2.34. The molecule has 1 aliphatic heterocycles. The lowest BCUT2D eigenvalue weighted by atomic mass is 10.1. The summed E-state index contributed by atoms with van der Waals surface area (Å²) in [5.41, 5.74) is 2.32. The van der Waals surface area contributed by atoms with E-state index >= 15 is 0 Å². The van der Waals surface area contributed by atoms with Gasteiger partial charge in [-0.3, -0.25) is 9.45 Å². The molecule has 0 radical (unpaired) electrons. The molecule has 2 aromatic rings. The van der Waals surface area contributed by atoms with Crippen LogP contribution in [-0.4, -0.2) is 42.2 Å². The predicted molar refractivity (Wildman–Crippen MR) is 98.0 cm³/mol. The van der Waals surface area contributed by atoms with Gasteiger partial charge in [-0.2, -0.15) is 8.42 Å². The van der Waals surface area contributed by atoms with E-state index in [1.165, 1.54) is 17.7 Å². The van der Waals surface area contributed by atoms with E-state index in [2.05, 4.69) is 29.2 Å². The molecule has 1 aliphatic rings. The van der Waals surface area contributed by atoms with Crippen LogP contribution in [0, 0.1) is 6.92 Å². The molecular formula is C19H25NO4S. The van der Waals surface area contributed by atoms with Crippen LogP contribution in [0.5, 0.6) is 0 Å². The highest BCUT2D eigenvalue weighted by molar-refractivity contribution is 7.85. The molecule has 2 N–H and O–H groups in total. The summed E-state index contributed by atoms with van der Waals surface area (Å²) in [6, 6.07) is 16.5. The van der Waals surface area contributed by atoms with Crippen molar-refractivity contribution in [1.82, 2.24) is 4.90 Å². The maximum atomic E-state index is 10.5. The SMILES string of the molecule is Cc1ccc(S(=O)(=O)O)cc1.OC1CCN(Cc2ccccc2)CC1. The quantitative estimate of drug-likeness (QED) is 0.820. The van der Waals surface area contributed by atoms with E-state index in [1.54, 1.807) is 12.1 Å². The van der Waals surface area contributed by atoms with E-state index in [0.717, 1.165) is 38.0 Å². The van der Waals surface area contributed by atoms with Crippen molar-refractivity contribution in [2.24, 2.45) is 0 Å². The van der Waals surface area contributed by atoms with Gasteiger partial charge in [0.1, 0.15) is 0 Å². The van der Waals surface area contributed by atoms with Crippen LogP contribution < -0.4 is 0 Å². The van der Waals surface area contributed by atoms with Gasteiger partial charge >= 0.3 is 0 Å². The van der Waals surface area contributed by atoms with Gasteiger partial charge in [-0.1, -0.05) is 48.0 Å². The van der Waals surface area contributed by atoms with E-state index in [9.17, 15) is 13.5 Å². The third-order valence-corrected chi connectivity index (χ3v) is 4.99. The molecule has 0 atom stereocenters. The van der Waals surface area contributed by atoms with Gasteiger partial charge in [-0.05, 0) is 37.5 Å². The lowest BCUT2D eigenvalue weighted by Gasteiger charge is -2.29. The van der Waals surface area contributed by atoms with Crippen LogP contribution in [0.4, 0.5) is 0 Å². The van der Waals surface area contributed by atoms with Crippen LogP contribution in [0.1, 0.15) is 24.0 Å². The first-order chi connectivity index (χ1) is 11.8. The number of likely N-dealkylation sites (tertiary alicyclic amines) is 1. The highest BCUT2D eigenvalue weighted by Gasteiger charge is 2.16. The van der Waals surface area contributed by atoms with E-state index < -0.39 is 10.1 Å². The number of aliphatic hydroxyl groups excluding tert-OH is 1. The lowest BCUT2D eigenvalue weighted by Crippen LogP contribution is -2.35. The number of aliphatic hydroxyl groups is 1. The Morgan fingerprint density at radius 1 is 1.00 bits per heavy atom. The average molecular weight is 363 g/mol. The summed E-state index contributed by atoms with van der Waals surface area (Å²) in [5, 5.41) is 9.37. The first-order valence-electron chi connectivity index (χ1n) is 8.33. The topological polar surface area (TPSA) is 77.8 Å². The van der Waals surface area contributed by atoms with Gasteiger partial charge in [0.05, 0.1) is 11.0 Å². The Morgan fingerprint density at radius 3 is 2.08 bits per heavy atom. The van der Waals surface area contributed by atoms with Gasteiger partial charge in [0.25, 0.3) is 10.1 Å². The number of nitrogens with zero attached hydrogens (tertiary/aromatic N) is 1. The van der Waals surface area contributed by atoms with Gasteiger partial charge in [-0.15, -0.1) is 0 Å². The molecule has 2 aromatic carbocycles. The van der Waals surface area contributed by atoms with Gasteiger partial charge in [0.15, 0.2) is 0 Å². The smallest absolute Gasteiger partial charge is 0.294 e. The second-order valence-corrected chi connectivity index (χ2v) is 7.70. The van der Waals surface area contributed by atoms with Crippen LogP contribution in [0.2, 0.25) is 0 Å². The molecule has 0 spiro atoms. The molecule has 0 unspecified atom stereocenters. The zero-order chi connectivity index (χ0) is 18.3. The number of piperidine rings is 1. The zero-order valence-electron chi connectivity index (χ0n) is 14.4. The van der Waals surface area contributed by atoms with Gasteiger partial charge in [0, 0.05) is 19.6 Å². The number of hydrogen-bond acceptors (Lipinski definition) is 4. The third-order valence-electron chi connectivity index (χ3n) is 4.12. The molecule has 136 valence electrons. The Balaban J connectivity index is 0.000000186. The molecule has 0 saturated carbocycles. The monoisotopic (exact) mass is 363 g/mol. The number of benzene rings is 2. The van der Waals surface area contributed by atoms with Crippen molar-refractivity contribution in [3.8, 4) is 0 Å². The maximum absolute atomic E-state index is 10.5. The zero-order valence-corrected chi connectivity index (χ0v) is 15.2. The molecule has 25 heavy (non-hydrogen) atoms. The summed E-state index contributed by atoms with van der Waals surface area (Å²) >= 11 is 0. The van der Waals surface area contributed by atoms with Crippen molar-refractivity contribution in [2.45, 2.75) is 37.3 Å². The summed E-state index contributed by atoms with van der Waals surface area (Å²) in [6.45, 7) is 4.91. The van der Waals surface area contributed by atoms with E-state index in [1.807, 2.05) is 13.0 Å². The normalized spacial score (nSPS) is 16.1.